The lowest BCUT2D eigenvalue weighted by molar-refractivity contribution is -0.125. The highest BCUT2D eigenvalue weighted by molar-refractivity contribution is 7.22. The minimum absolute atomic E-state index is 0.000607. The number of anilines is 1. The number of benzene rings is 1. The van der Waals surface area contributed by atoms with E-state index in [1.54, 1.807) is 24.7 Å². The molecule has 4 aromatic rings. The molecule has 4 heterocycles. The largest absolute Gasteiger partial charge is 0.390 e. The number of amides is 2. The first kappa shape index (κ1) is 31.1. The van der Waals surface area contributed by atoms with Crippen molar-refractivity contribution in [2.24, 2.45) is 5.92 Å². The van der Waals surface area contributed by atoms with E-state index in [0.717, 1.165) is 60.0 Å². The molecule has 3 aromatic heterocycles. The zero-order valence-electron chi connectivity index (χ0n) is 25.5. The number of hydrogen-bond acceptors (Lipinski definition) is 10. The van der Waals surface area contributed by atoms with Crippen molar-refractivity contribution in [3.8, 4) is 11.1 Å². The lowest BCUT2D eigenvalue weighted by Gasteiger charge is -2.49. The average Bonchev–Trinajstić information content (AvgIpc) is 3.64. The number of aliphatic hydroxyl groups excluding tert-OH is 1. The summed E-state index contributed by atoms with van der Waals surface area (Å²) in [5.41, 5.74) is 3.15. The van der Waals surface area contributed by atoms with Gasteiger partial charge in [-0.05, 0) is 62.8 Å². The number of aromatic nitrogens is 4. The van der Waals surface area contributed by atoms with Gasteiger partial charge in [-0.25, -0.2) is 15.0 Å². The monoisotopic (exact) mass is 661 g/mol. The van der Waals surface area contributed by atoms with Gasteiger partial charge in [-0.3, -0.25) is 19.5 Å². The first-order valence-electron chi connectivity index (χ1n) is 15.8. The van der Waals surface area contributed by atoms with Crippen LogP contribution >= 0.6 is 22.9 Å². The van der Waals surface area contributed by atoms with E-state index < -0.39 is 6.10 Å². The Morgan fingerprint density at radius 3 is 2.67 bits per heavy atom. The van der Waals surface area contributed by atoms with Gasteiger partial charge in [-0.1, -0.05) is 29.0 Å². The van der Waals surface area contributed by atoms with Gasteiger partial charge in [-0.2, -0.15) is 0 Å². The molecule has 13 heteroatoms. The van der Waals surface area contributed by atoms with Gasteiger partial charge in [0.2, 0.25) is 5.91 Å². The van der Waals surface area contributed by atoms with Crippen LogP contribution in [0.15, 0.2) is 49.1 Å². The standard InChI is InChI=1S/C33H36ClN7O4S/c1-19-17-40(32(44)24-7-8-35-16-25(24)34)9-10-41(19)23-11-21(12-23)31(43)39-33-38-26-6-5-20(13-29(26)46-33)22-14-36-30(37-15-22)18-45-28-4-2-3-27(28)42/h5-8,13-16,19,21,23,27-28,42H,2-4,9-12,17-18H2,1H3,(H,38,39,43)/t19-,21?,23?,27-,28-/m0/s1. The third-order valence-electron chi connectivity index (χ3n) is 9.42. The van der Waals surface area contributed by atoms with Crippen molar-refractivity contribution in [2.45, 2.75) is 69.9 Å². The third-order valence-corrected chi connectivity index (χ3v) is 10.7. The van der Waals surface area contributed by atoms with E-state index in [9.17, 15) is 14.7 Å². The maximum Gasteiger partial charge on any atom is 0.255 e. The first-order valence-corrected chi connectivity index (χ1v) is 17.0. The van der Waals surface area contributed by atoms with Crippen LogP contribution < -0.4 is 5.32 Å². The van der Waals surface area contributed by atoms with Crippen LogP contribution in [0.2, 0.25) is 5.02 Å². The molecule has 0 bridgehead atoms. The number of halogens is 1. The molecule has 0 unspecified atom stereocenters. The Bertz CT molecular complexity index is 1730. The molecule has 3 atom stereocenters. The van der Waals surface area contributed by atoms with Crippen molar-refractivity contribution < 1.29 is 19.4 Å². The Kier molecular flexibility index (Phi) is 8.97. The van der Waals surface area contributed by atoms with Crippen LogP contribution in [0.3, 0.4) is 0 Å². The molecule has 2 aliphatic carbocycles. The van der Waals surface area contributed by atoms with Gasteiger partial charge in [0.25, 0.3) is 5.91 Å². The summed E-state index contributed by atoms with van der Waals surface area (Å²) in [5, 5.41) is 14.0. The van der Waals surface area contributed by atoms with Crippen molar-refractivity contribution in [1.29, 1.82) is 0 Å². The van der Waals surface area contributed by atoms with Crippen LogP contribution in [0.1, 0.15) is 55.2 Å². The van der Waals surface area contributed by atoms with E-state index in [-0.39, 0.29) is 36.5 Å². The highest BCUT2D eigenvalue weighted by Gasteiger charge is 2.41. The topological polar surface area (TPSA) is 134 Å². The number of rotatable bonds is 8. The predicted octanol–water partition coefficient (Wildman–Crippen LogP) is 4.80. The van der Waals surface area contributed by atoms with Gasteiger partial charge >= 0.3 is 0 Å². The van der Waals surface area contributed by atoms with E-state index >= 15 is 0 Å². The number of fused-ring (bicyclic) bond motifs is 1. The quantitative estimate of drug-likeness (QED) is 0.273. The Balaban J connectivity index is 0.904. The van der Waals surface area contributed by atoms with Crippen LogP contribution in [-0.4, -0.2) is 90.6 Å². The van der Waals surface area contributed by atoms with Crippen molar-refractivity contribution in [3.05, 3.63) is 65.5 Å². The minimum atomic E-state index is -0.403. The maximum absolute atomic E-state index is 13.1. The van der Waals surface area contributed by atoms with Gasteiger partial charge < -0.3 is 20.1 Å². The fourth-order valence-corrected chi connectivity index (χ4v) is 7.82. The number of carbonyl (C=O) groups is 2. The summed E-state index contributed by atoms with van der Waals surface area (Å²) in [6.07, 6.45) is 10.3. The average molecular weight is 662 g/mol. The first-order chi connectivity index (χ1) is 22.3. The fraction of sp³-hybridized carbons (Fsp3) is 0.455. The highest BCUT2D eigenvalue weighted by Crippen LogP contribution is 2.36. The number of pyridine rings is 1. The van der Waals surface area contributed by atoms with Crippen LogP contribution in [0.5, 0.6) is 0 Å². The Morgan fingerprint density at radius 1 is 1.11 bits per heavy atom. The third kappa shape index (κ3) is 6.50. The second-order valence-corrected chi connectivity index (χ2v) is 13.9. The van der Waals surface area contributed by atoms with Gasteiger partial charge in [0, 0.05) is 68.0 Å². The Labute approximate surface area is 276 Å². The summed E-state index contributed by atoms with van der Waals surface area (Å²) < 4.78 is 6.77. The lowest BCUT2D eigenvalue weighted by atomic mass is 9.78. The lowest BCUT2D eigenvalue weighted by Crippen LogP contribution is -2.60. The molecule has 7 rings (SSSR count). The van der Waals surface area contributed by atoms with Gasteiger partial charge in [0.1, 0.15) is 6.61 Å². The molecule has 11 nitrogen and oxygen atoms in total. The molecule has 240 valence electrons. The summed E-state index contributed by atoms with van der Waals surface area (Å²) in [7, 11) is 0. The minimum Gasteiger partial charge on any atom is -0.390 e. The molecule has 3 aliphatic rings. The van der Waals surface area contributed by atoms with Crippen molar-refractivity contribution in [1.82, 2.24) is 29.7 Å². The van der Waals surface area contributed by atoms with E-state index in [0.29, 0.717) is 40.7 Å². The van der Waals surface area contributed by atoms with E-state index in [4.69, 9.17) is 16.3 Å². The number of thiazole rings is 1. The van der Waals surface area contributed by atoms with E-state index in [1.165, 1.54) is 17.5 Å². The van der Waals surface area contributed by atoms with Gasteiger partial charge in [-0.15, -0.1) is 0 Å². The predicted molar refractivity (Wildman–Crippen MR) is 176 cm³/mol. The smallest absolute Gasteiger partial charge is 0.255 e. The van der Waals surface area contributed by atoms with E-state index in [1.807, 2.05) is 23.1 Å². The normalized spacial score (nSPS) is 25.0. The summed E-state index contributed by atoms with van der Waals surface area (Å²) in [6.45, 7) is 4.42. The molecule has 2 N–H and O–H groups in total. The van der Waals surface area contributed by atoms with Crippen LogP contribution in [-0.2, 0) is 16.1 Å². The van der Waals surface area contributed by atoms with Gasteiger partial charge in [0.15, 0.2) is 11.0 Å². The van der Waals surface area contributed by atoms with Crippen molar-refractivity contribution >= 4 is 50.1 Å². The Hall–Kier alpha value is -3.55. The zero-order valence-corrected chi connectivity index (χ0v) is 27.1. The second-order valence-electron chi connectivity index (χ2n) is 12.4. The molecule has 2 amide bonds. The van der Waals surface area contributed by atoms with Crippen LogP contribution in [0.4, 0.5) is 5.13 Å². The highest BCUT2D eigenvalue weighted by atomic mass is 35.5. The molecule has 46 heavy (non-hydrogen) atoms. The molecule has 3 fully saturated rings. The number of ether oxygens (including phenoxy) is 1. The van der Waals surface area contributed by atoms with Crippen LogP contribution in [0, 0.1) is 5.92 Å². The molecule has 1 saturated heterocycles. The molecule has 1 aliphatic heterocycles. The number of piperazine rings is 1. The molecule has 0 spiro atoms. The molecule has 1 aromatic carbocycles. The summed E-state index contributed by atoms with van der Waals surface area (Å²) in [4.78, 5) is 47.9. The number of hydrogen-bond donors (Lipinski definition) is 2. The summed E-state index contributed by atoms with van der Waals surface area (Å²) >= 11 is 7.66. The molecule has 2 saturated carbocycles. The SMILES string of the molecule is C[C@H]1CN(C(=O)c2ccncc2Cl)CCN1C1CC(C(=O)Nc2nc3ccc(-c4cnc(CO[C@H]5CCC[C@@H]5O)nc4)cc3s2)C1. The summed E-state index contributed by atoms with van der Waals surface area (Å²) in [5.74, 6) is 0.455. The van der Waals surface area contributed by atoms with Crippen LogP contribution in [0.25, 0.3) is 21.3 Å². The maximum atomic E-state index is 13.1. The Morgan fingerprint density at radius 2 is 1.93 bits per heavy atom. The molecular formula is C33H36ClN7O4S. The van der Waals surface area contributed by atoms with Crippen molar-refractivity contribution in [2.75, 3.05) is 25.0 Å². The number of nitrogens with one attached hydrogen (secondary N) is 1. The number of carbonyl (C=O) groups excluding carboxylic acids is 2. The summed E-state index contributed by atoms with van der Waals surface area (Å²) in [6, 6.07) is 8.14. The second kappa shape index (κ2) is 13.3. The number of nitrogens with zero attached hydrogens (tertiary/aromatic N) is 6. The molecular weight excluding hydrogens is 626 g/mol. The fourth-order valence-electron chi connectivity index (χ4n) is 6.72. The molecule has 0 radical (unpaired) electrons. The zero-order chi connectivity index (χ0) is 31.8. The van der Waals surface area contributed by atoms with E-state index in [2.05, 4.69) is 37.1 Å². The van der Waals surface area contributed by atoms with Gasteiger partial charge in [0.05, 0.1) is 33.0 Å². The number of aliphatic hydroxyl groups is 1. The van der Waals surface area contributed by atoms with Crippen molar-refractivity contribution in [3.63, 3.8) is 0 Å².